The van der Waals surface area contributed by atoms with Crippen molar-refractivity contribution in [1.29, 1.82) is 0 Å². The third-order valence-electron chi connectivity index (χ3n) is 2.68. The van der Waals surface area contributed by atoms with Crippen LogP contribution in [-0.2, 0) is 6.54 Å². The van der Waals surface area contributed by atoms with Crippen molar-refractivity contribution in [2.75, 3.05) is 6.54 Å². The van der Waals surface area contributed by atoms with Crippen molar-refractivity contribution in [2.45, 2.75) is 39.8 Å². The van der Waals surface area contributed by atoms with Gasteiger partial charge in [-0.1, -0.05) is 24.3 Å². The minimum atomic E-state index is -0.262. The first-order valence-corrected chi connectivity index (χ1v) is 7.27. The van der Waals surface area contributed by atoms with Gasteiger partial charge in [0, 0.05) is 17.6 Å². The van der Waals surface area contributed by atoms with Crippen molar-refractivity contribution in [3.63, 3.8) is 0 Å². The summed E-state index contributed by atoms with van der Waals surface area (Å²) in [6, 6.07) is 7.39. The summed E-state index contributed by atoms with van der Waals surface area (Å²) in [7, 11) is 0. The van der Waals surface area contributed by atoms with Crippen LogP contribution in [0.15, 0.2) is 41.4 Å². The Hall–Kier alpha value is -1.57. The monoisotopic (exact) mass is 430 g/mol. The fraction of sp³-hybridized carbons (Fsp3) is 0.412. The molecule has 0 bridgehead atoms. The van der Waals surface area contributed by atoms with Crippen LogP contribution in [0.4, 0.5) is 0 Å². The van der Waals surface area contributed by atoms with Gasteiger partial charge in [0.25, 0.3) is 5.91 Å². The lowest BCUT2D eigenvalue weighted by Crippen LogP contribution is -2.40. The molecule has 128 valence electrons. The van der Waals surface area contributed by atoms with Gasteiger partial charge in [0.1, 0.15) is 0 Å². The van der Waals surface area contributed by atoms with Crippen molar-refractivity contribution >= 4 is 35.8 Å². The van der Waals surface area contributed by atoms with Crippen LogP contribution in [0.25, 0.3) is 0 Å². The third-order valence-corrected chi connectivity index (χ3v) is 2.68. The molecule has 5 nitrogen and oxygen atoms in total. The molecule has 6 heteroatoms. The molecule has 0 aliphatic carbocycles. The number of halogens is 1. The predicted molar refractivity (Wildman–Crippen MR) is 107 cm³/mol. The highest BCUT2D eigenvalue weighted by molar-refractivity contribution is 14.0. The number of hydrogen-bond donors (Lipinski definition) is 3. The van der Waals surface area contributed by atoms with E-state index in [1.54, 1.807) is 6.07 Å². The van der Waals surface area contributed by atoms with Crippen LogP contribution >= 0.6 is 24.0 Å². The van der Waals surface area contributed by atoms with Crippen molar-refractivity contribution in [2.24, 2.45) is 10.7 Å². The van der Waals surface area contributed by atoms with Gasteiger partial charge in [-0.3, -0.25) is 4.79 Å². The predicted octanol–water partition coefficient (Wildman–Crippen LogP) is 2.81. The third kappa shape index (κ3) is 9.22. The smallest absolute Gasteiger partial charge is 0.251 e. The maximum absolute atomic E-state index is 12.1. The summed E-state index contributed by atoms with van der Waals surface area (Å²) in [5.74, 6) is 0.277. The lowest BCUT2D eigenvalue weighted by atomic mass is 10.1. The summed E-state index contributed by atoms with van der Waals surface area (Å²) in [5, 5.41) is 5.91. The molecule has 0 aliphatic rings. The Morgan fingerprint density at radius 3 is 2.57 bits per heavy atom. The number of nitrogens with two attached hydrogens (primary N) is 1. The molecule has 4 N–H and O–H groups in total. The maximum atomic E-state index is 12.1. The van der Waals surface area contributed by atoms with E-state index in [1.807, 2.05) is 45.9 Å². The maximum Gasteiger partial charge on any atom is 0.251 e. The van der Waals surface area contributed by atoms with Crippen molar-refractivity contribution in [3.8, 4) is 0 Å². The number of carbonyl (C=O) groups is 1. The van der Waals surface area contributed by atoms with Crippen LogP contribution in [0.5, 0.6) is 0 Å². The Labute approximate surface area is 155 Å². The first-order valence-electron chi connectivity index (χ1n) is 7.27. The van der Waals surface area contributed by atoms with Crippen molar-refractivity contribution in [1.82, 2.24) is 10.6 Å². The number of carbonyl (C=O) groups excluding carboxylic acids is 1. The molecule has 0 atom stereocenters. The molecule has 0 heterocycles. The van der Waals surface area contributed by atoms with Gasteiger partial charge in [0.05, 0.1) is 6.54 Å². The zero-order chi connectivity index (χ0) is 16.8. The number of guanidine groups is 1. The molecule has 0 saturated carbocycles. The van der Waals surface area contributed by atoms with E-state index >= 15 is 0 Å². The topological polar surface area (TPSA) is 79.5 Å². The number of amides is 1. The van der Waals surface area contributed by atoms with Gasteiger partial charge in [-0.15, -0.1) is 24.0 Å². The van der Waals surface area contributed by atoms with Gasteiger partial charge in [-0.25, -0.2) is 4.99 Å². The summed E-state index contributed by atoms with van der Waals surface area (Å²) in [6.07, 6.45) is 0. The van der Waals surface area contributed by atoms with E-state index in [0.29, 0.717) is 24.6 Å². The summed E-state index contributed by atoms with van der Waals surface area (Å²) in [4.78, 5) is 16.4. The van der Waals surface area contributed by atoms with E-state index in [-0.39, 0.29) is 35.4 Å². The molecular weight excluding hydrogens is 403 g/mol. The fourth-order valence-electron chi connectivity index (χ4n) is 1.70. The zero-order valence-corrected chi connectivity index (χ0v) is 16.6. The SMILES string of the molecule is C=C(C)CNC(N)=NCc1cccc(C(=O)NC(C)(C)C)c1.I. The van der Waals surface area contributed by atoms with Crippen LogP contribution in [0.1, 0.15) is 43.6 Å². The quantitative estimate of drug-likeness (QED) is 0.291. The number of hydrogen-bond acceptors (Lipinski definition) is 2. The summed E-state index contributed by atoms with van der Waals surface area (Å²) in [5.41, 5.74) is 8.05. The molecule has 1 amide bonds. The Morgan fingerprint density at radius 1 is 1.35 bits per heavy atom. The molecule has 1 rings (SSSR count). The first kappa shape index (κ1) is 21.4. The first-order chi connectivity index (χ1) is 10.2. The molecule has 23 heavy (non-hydrogen) atoms. The highest BCUT2D eigenvalue weighted by Crippen LogP contribution is 2.09. The minimum absolute atomic E-state index is 0. The Balaban J connectivity index is 0.00000484. The second kappa shape index (κ2) is 9.54. The minimum Gasteiger partial charge on any atom is -0.370 e. The highest BCUT2D eigenvalue weighted by atomic mass is 127. The molecule has 0 spiro atoms. The molecule has 0 unspecified atom stereocenters. The molecule has 0 aliphatic heterocycles. The number of rotatable bonds is 5. The van der Waals surface area contributed by atoms with E-state index in [1.165, 1.54) is 0 Å². The second-order valence-corrected chi connectivity index (χ2v) is 6.42. The fourth-order valence-corrected chi connectivity index (χ4v) is 1.70. The van der Waals surface area contributed by atoms with E-state index in [4.69, 9.17) is 5.73 Å². The Bertz CT molecular complexity index is 576. The van der Waals surface area contributed by atoms with E-state index < -0.39 is 0 Å². The van der Waals surface area contributed by atoms with Crippen LogP contribution < -0.4 is 16.4 Å². The highest BCUT2D eigenvalue weighted by Gasteiger charge is 2.15. The van der Waals surface area contributed by atoms with Gasteiger partial charge < -0.3 is 16.4 Å². The second-order valence-electron chi connectivity index (χ2n) is 6.42. The zero-order valence-electron chi connectivity index (χ0n) is 14.3. The number of nitrogens with zero attached hydrogens (tertiary/aromatic N) is 1. The van der Waals surface area contributed by atoms with Crippen molar-refractivity contribution in [3.05, 3.63) is 47.5 Å². The number of benzene rings is 1. The Kier molecular flexibility index (Phi) is 8.89. The summed E-state index contributed by atoms with van der Waals surface area (Å²) in [6.45, 7) is 12.6. The summed E-state index contributed by atoms with van der Waals surface area (Å²) >= 11 is 0. The van der Waals surface area contributed by atoms with E-state index in [9.17, 15) is 4.79 Å². The lowest BCUT2D eigenvalue weighted by Gasteiger charge is -2.20. The molecule has 1 aromatic rings. The van der Waals surface area contributed by atoms with Crippen LogP contribution in [0.2, 0.25) is 0 Å². The average molecular weight is 430 g/mol. The number of nitrogens with one attached hydrogen (secondary N) is 2. The van der Waals surface area contributed by atoms with Crippen molar-refractivity contribution < 1.29 is 4.79 Å². The molecule has 0 saturated heterocycles. The van der Waals surface area contributed by atoms with Crippen LogP contribution in [0.3, 0.4) is 0 Å². The number of aliphatic imine (C=N–C) groups is 1. The Morgan fingerprint density at radius 2 is 2.00 bits per heavy atom. The van der Waals surface area contributed by atoms with E-state index in [0.717, 1.165) is 11.1 Å². The van der Waals surface area contributed by atoms with Gasteiger partial charge >= 0.3 is 0 Å². The largest absolute Gasteiger partial charge is 0.370 e. The van der Waals surface area contributed by atoms with E-state index in [2.05, 4.69) is 22.2 Å². The molecule has 1 aromatic carbocycles. The van der Waals surface area contributed by atoms with Crippen LogP contribution in [-0.4, -0.2) is 24.0 Å². The van der Waals surface area contributed by atoms with Gasteiger partial charge in [0.2, 0.25) is 0 Å². The molecule has 0 aromatic heterocycles. The van der Waals surface area contributed by atoms with Gasteiger partial charge in [0.15, 0.2) is 5.96 Å². The van der Waals surface area contributed by atoms with Gasteiger partial charge in [-0.2, -0.15) is 0 Å². The standard InChI is InChI=1S/C17H26N4O.HI/c1-12(2)10-19-16(18)20-11-13-7-6-8-14(9-13)15(22)21-17(3,4)5;/h6-9H,1,10-11H2,2-5H3,(H,21,22)(H3,18,19,20);1H. The molecule has 0 fully saturated rings. The average Bonchev–Trinajstić information content (AvgIpc) is 2.41. The molecule has 0 radical (unpaired) electrons. The summed E-state index contributed by atoms with van der Waals surface area (Å²) < 4.78 is 0. The van der Waals surface area contributed by atoms with Gasteiger partial charge in [-0.05, 0) is 45.4 Å². The normalized spacial score (nSPS) is 11.4. The molecular formula is C17H27IN4O. The lowest BCUT2D eigenvalue weighted by molar-refractivity contribution is 0.0919. The van der Waals surface area contributed by atoms with Crippen LogP contribution in [0, 0.1) is 0 Å².